The van der Waals surface area contributed by atoms with E-state index in [0.29, 0.717) is 5.39 Å². The number of hydrogen-bond donors (Lipinski definition) is 2. The average Bonchev–Trinajstić information content (AvgIpc) is 3.12. The van der Waals surface area contributed by atoms with E-state index in [2.05, 4.69) is 10.6 Å². The van der Waals surface area contributed by atoms with Crippen molar-refractivity contribution in [3.8, 4) is 0 Å². The maximum atomic E-state index is 12.0. The molecule has 8 heteroatoms. The highest BCUT2D eigenvalue weighted by atomic mass is 16.5. The molecular weight excluding hydrogens is 340 g/mol. The number of hydrogen-bond acceptors (Lipinski definition) is 6. The van der Waals surface area contributed by atoms with E-state index >= 15 is 0 Å². The Morgan fingerprint density at radius 1 is 1.15 bits per heavy atom. The molecule has 0 aliphatic heterocycles. The summed E-state index contributed by atoms with van der Waals surface area (Å²) in [6.45, 7) is -0.659. The maximum Gasteiger partial charge on any atom is 0.374 e. The van der Waals surface area contributed by atoms with E-state index in [-0.39, 0.29) is 22.8 Å². The number of para-hydroxylation sites is 1. The maximum absolute atomic E-state index is 12.0. The SMILES string of the molecule is O=C(COC(=O)c1cc(=O)c2ccccc2o1)NC(=O)NC1CCCC1. The number of amides is 3. The van der Waals surface area contributed by atoms with E-state index in [1.54, 1.807) is 24.3 Å². The predicted octanol–water partition coefficient (Wildman–Crippen LogP) is 1.72. The van der Waals surface area contributed by atoms with Gasteiger partial charge in [-0.05, 0) is 25.0 Å². The lowest BCUT2D eigenvalue weighted by Crippen LogP contribution is -2.45. The summed E-state index contributed by atoms with van der Waals surface area (Å²) in [5.74, 6) is -2.03. The summed E-state index contributed by atoms with van der Waals surface area (Å²) in [5.41, 5.74) is -0.147. The normalized spacial score (nSPS) is 14.2. The molecule has 1 fully saturated rings. The number of esters is 1. The van der Waals surface area contributed by atoms with Crippen molar-refractivity contribution >= 4 is 28.9 Å². The molecule has 136 valence electrons. The molecular formula is C18H18N2O6. The van der Waals surface area contributed by atoms with E-state index in [4.69, 9.17) is 9.15 Å². The number of imide groups is 1. The molecule has 0 saturated heterocycles. The van der Waals surface area contributed by atoms with Crippen molar-refractivity contribution in [1.82, 2.24) is 10.6 Å². The average molecular weight is 358 g/mol. The smallest absolute Gasteiger partial charge is 0.374 e. The summed E-state index contributed by atoms with van der Waals surface area (Å²) in [4.78, 5) is 47.3. The van der Waals surface area contributed by atoms with Crippen LogP contribution in [0.2, 0.25) is 0 Å². The van der Waals surface area contributed by atoms with E-state index in [1.807, 2.05) is 0 Å². The van der Waals surface area contributed by atoms with Crippen LogP contribution in [0.25, 0.3) is 11.0 Å². The molecule has 1 saturated carbocycles. The number of nitrogens with one attached hydrogen (secondary N) is 2. The fraction of sp³-hybridized carbons (Fsp3) is 0.333. The third-order valence-corrected chi connectivity index (χ3v) is 4.11. The lowest BCUT2D eigenvalue weighted by atomic mass is 10.2. The van der Waals surface area contributed by atoms with Gasteiger partial charge in [-0.2, -0.15) is 0 Å². The van der Waals surface area contributed by atoms with E-state index in [0.717, 1.165) is 31.7 Å². The molecule has 0 spiro atoms. The molecule has 3 rings (SSSR count). The molecule has 1 aromatic carbocycles. The second kappa shape index (κ2) is 7.81. The number of carbonyl (C=O) groups excluding carboxylic acids is 3. The zero-order valence-electron chi connectivity index (χ0n) is 13.9. The van der Waals surface area contributed by atoms with Crippen molar-refractivity contribution in [3.05, 3.63) is 46.3 Å². The van der Waals surface area contributed by atoms with Crippen LogP contribution < -0.4 is 16.1 Å². The van der Waals surface area contributed by atoms with Gasteiger partial charge in [-0.25, -0.2) is 9.59 Å². The first kappa shape index (κ1) is 17.7. The summed E-state index contributed by atoms with van der Waals surface area (Å²) in [5, 5.41) is 5.12. The van der Waals surface area contributed by atoms with Crippen molar-refractivity contribution in [2.24, 2.45) is 0 Å². The number of rotatable bonds is 4. The zero-order valence-corrected chi connectivity index (χ0v) is 13.9. The third-order valence-electron chi connectivity index (χ3n) is 4.11. The molecule has 2 N–H and O–H groups in total. The minimum atomic E-state index is -0.959. The fourth-order valence-electron chi connectivity index (χ4n) is 2.86. The predicted molar refractivity (Wildman–Crippen MR) is 91.7 cm³/mol. The lowest BCUT2D eigenvalue weighted by molar-refractivity contribution is -0.123. The first-order chi connectivity index (χ1) is 12.5. The first-order valence-corrected chi connectivity index (χ1v) is 8.33. The van der Waals surface area contributed by atoms with Crippen molar-refractivity contribution < 1.29 is 23.5 Å². The molecule has 2 aromatic rings. The van der Waals surface area contributed by atoms with Crippen LogP contribution >= 0.6 is 0 Å². The van der Waals surface area contributed by atoms with Gasteiger partial charge in [0.25, 0.3) is 5.91 Å². The lowest BCUT2D eigenvalue weighted by Gasteiger charge is -2.12. The molecule has 0 radical (unpaired) electrons. The molecule has 8 nitrogen and oxygen atoms in total. The Kier molecular flexibility index (Phi) is 5.31. The van der Waals surface area contributed by atoms with Gasteiger partial charge in [-0.1, -0.05) is 25.0 Å². The topological polar surface area (TPSA) is 115 Å². The number of benzene rings is 1. The fourth-order valence-corrected chi connectivity index (χ4v) is 2.86. The van der Waals surface area contributed by atoms with Crippen LogP contribution in [0.1, 0.15) is 36.2 Å². The van der Waals surface area contributed by atoms with Crippen LogP contribution in [0.5, 0.6) is 0 Å². The molecule has 0 bridgehead atoms. The molecule has 1 aromatic heterocycles. The Morgan fingerprint density at radius 3 is 2.65 bits per heavy atom. The Labute approximate surface area is 148 Å². The van der Waals surface area contributed by atoms with Gasteiger partial charge in [-0.3, -0.25) is 14.9 Å². The van der Waals surface area contributed by atoms with Gasteiger partial charge in [0.05, 0.1) is 5.39 Å². The number of urea groups is 1. The quantitative estimate of drug-likeness (QED) is 0.804. The molecule has 1 heterocycles. The van der Waals surface area contributed by atoms with Crippen LogP contribution in [0.3, 0.4) is 0 Å². The van der Waals surface area contributed by atoms with Gasteiger partial charge in [0.15, 0.2) is 12.0 Å². The zero-order chi connectivity index (χ0) is 18.5. The first-order valence-electron chi connectivity index (χ1n) is 8.33. The van der Waals surface area contributed by atoms with E-state index < -0.39 is 24.5 Å². The summed E-state index contributed by atoms with van der Waals surface area (Å²) >= 11 is 0. The van der Waals surface area contributed by atoms with Crippen molar-refractivity contribution in [1.29, 1.82) is 0 Å². The number of fused-ring (bicyclic) bond motifs is 1. The Balaban J connectivity index is 1.54. The third kappa shape index (κ3) is 4.27. The van der Waals surface area contributed by atoms with Gasteiger partial charge < -0.3 is 14.5 Å². The Morgan fingerprint density at radius 2 is 1.88 bits per heavy atom. The molecule has 1 aliphatic carbocycles. The molecule has 26 heavy (non-hydrogen) atoms. The highest BCUT2D eigenvalue weighted by Gasteiger charge is 2.19. The minimum absolute atomic E-state index is 0.0669. The molecule has 1 aliphatic rings. The second-order valence-corrected chi connectivity index (χ2v) is 6.05. The highest BCUT2D eigenvalue weighted by molar-refractivity contribution is 5.96. The van der Waals surface area contributed by atoms with Crippen molar-refractivity contribution in [3.63, 3.8) is 0 Å². The van der Waals surface area contributed by atoms with Gasteiger partial charge in [0.1, 0.15) is 5.58 Å². The standard InChI is InChI=1S/C18H18N2O6/c21-13-9-15(26-14-8-4-3-7-12(13)14)17(23)25-10-16(22)20-18(24)19-11-5-1-2-6-11/h3-4,7-9,11H,1-2,5-6,10H2,(H2,19,20,22,24). The number of carbonyl (C=O) groups is 3. The van der Waals surface area contributed by atoms with Crippen LogP contribution in [0.4, 0.5) is 4.79 Å². The number of ether oxygens (including phenoxy) is 1. The van der Waals surface area contributed by atoms with Gasteiger partial charge in [-0.15, -0.1) is 0 Å². The van der Waals surface area contributed by atoms with E-state index in [9.17, 15) is 19.2 Å². The van der Waals surface area contributed by atoms with Crippen molar-refractivity contribution in [2.75, 3.05) is 6.61 Å². The van der Waals surface area contributed by atoms with E-state index in [1.165, 1.54) is 0 Å². The van der Waals surface area contributed by atoms with Gasteiger partial charge >= 0.3 is 12.0 Å². The Hall–Kier alpha value is -3.16. The van der Waals surface area contributed by atoms with Crippen LogP contribution in [0.15, 0.2) is 39.5 Å². The minimum Gasteiger partial charge on any atom is -0.450 e. The summed E-state index contributed by atoms with van der Waals surface area (Å²) in [7, 11) is 0. The van der Waals surface area contributed by atoms with Crippen molar-refractivity contribution in [2.45, 2.75) is 31.7 Å². The summed E-state index contributed by atoms with van der Waals surface area (Å²) in [6, 6.07) is 6.93. The summed E-state index contributed by atoms with van der Waals surface area (Å²) < 4.78 is 10.1. The largest absolute Gasteiger partial charge is 0.450 e. The second-order valence-electron chi connectivity index (χ2n) is 6.05. The van der Waals surface area contributed by atoms with Gasteiger partial charge in [0.2, 0.25) is 5.76 Å². The molecule has 3 amide bonds. The molecule has 0 atom stereocenters. The van der Waals surface area contributed by atoms with Crippen LogP contribution in [-0.2, 0) is 9.53 Å². The van der Waals surface area contributed by atoms with Gasteiger partial charge in [0, 0.05) is 12.1 Å². The van der Waals surface area contributed by atoms with Crippen LogP contribution in [-0.4, -0.2) is 30.6 Å². The highest BCUT2D eigenvalue weighted by Crippen LogP contribution is 2.17. The summed E-state index contributed by atoms with van der Waals surface area (Å²) in [6.07, 6.45) is 3.87. The Bertz CT molecular complexity index is 898. The van der Waals surface area contributed by atoms with Crippen LogP contribution in [0, 0.1) is 0 Å². The molecule has 0 unspecified atom stereocenters. The monoisotopic (exact) mass is 358 g/mol.